The Labute approximate surface area is 117 Å². The summed E-state index contributed by atoms with van der Waals surface area (Å²) in [6.45, 7) is 7.21. The molecule has 4 atom stereocenters. The molecule has 0 saturated carbocycles. The van der Waals surface area contributed by atoms with Crippen molar-refractivity contribution in [2.45, 2.75) is 69.7 Å². The van der Waals surface area contributed by atoms with E-state index in [-0.39, 0.29) is 5.60 Å². The lowest BCUT2D eigenvalue weighted by molar-refractivity contribution is -0.111. The molecule has 0 radical (unpaired) electrons. The van der Waals surface area contributed by atoms with E-state index in [0.717, 1.165) is 51.8 Å². The van der Waals surface area contributed by atoms with Gasteiger partial charge in [0, 0.05) is 38.9 Å². The summed E-state index contributed by atoms with van der Waals surface area (Å²) in [6, 6.07) is 1.10. The molecule has 4 nitrogen and oxygen atoms in total. The number of nitrogens with two attached hydrogens (primary N) is 1. The maximum atomic E-state index is 5.99. The number of methoxy groups -OCH3 is 1. The molecule has 0 bridgehead atoms. The molecule has 0 aromatic heterocycles. The molecule has 2 N–H and O–H groups in total. The van der Waals surface area contributed by atoms with Gasteiger partial charge in [-0.1, -0.05) is 6.92 Å². The van der Waals surface area contributed by atoms with Crippen LogP contribution in [0.25, 0.3) is 0 Å². The molecule has 0 aromatic carbocycles. The number of hydrogen-bond acceptors (Lipinski definition) is 4. The Morgan fingerprint density at radius 2 is 2.21 bits per heavy atom. The minimum absolute atomic E-state index is 0.0557. The maximum Gasteiger partial charge on any atom is 0.0666 e. The maximum absolute atomic E-state index is 5.99. The summed E-state index contributed by atoms with van der Waals surface area (Å²) < 4.78 is 11.5. The molecule has 2 fully saturated rings. The normalized spacial score (nSPS) is 41.4. The number of nitrogens with zero attached hydrogens (tertiary/aromatic N) is 1. The van der Waals surface area contributed by atoms with Gasteiger partial charge >= 0.3 is 0 Å². The first-order valence-electron chi connectivity index (χ1n) is 7.74. The highest BCUT2D eigenvalue weighted by Crippen LogP contribution is 2.33. The molecule has 0 aliphatic carbocycles. The van der Waals surface area contributed by atoms with Gasteiger partial charge in [-0.05, 0) is 39.0 Å². The molecular weight excluding hydrogens is 240 g/mol. The zero-order valence-electron chi connectivity index (χ0n) is 12.7. The highest BCUT2D eigenvalue weighted by Gasteiger charge is 2.38. The van der Waals surface area contributed by atoms with Crippen LogP contribution in [0, 0.1) is 0 Å². The monoisotopic (exact) mass is 270 g/mol. The van der Waals surface area contributed by atoms with Crippen LogP contribution in [0.1, 0.15) is 46.0 Å². The smallest absolute Gasteiger partial charge is 0.0666 e. The second-order valence-electron chi connectivity index (χ2n) is 6.31. The second kappa shape index (κ2) is 6.53. The van der Waals surface area contributed by atoms with E-state index in [1.807, 2.05) is 7.11 Å². The van der Waals surface area contributed by atoms with Crippen molar-refractivity contribution in [3.05, 3.63) is 0 Å². The third-order valence-corrected chi connectivity index (χ3v) is 5.10. The van der Waals surface area contributed by atoms with Crippen LogP contribution in [0.15, 0.2) is 0 Å². The molecular formula is C15H30N2O2. The number of piperidine rings is 1. The quantitative estimate of drug-likeness (QED) is 0.846. The average Bonchev–Trinajstić information content (AvgIpc) is 2.46. The first-order chi connectivity index (χ1) is 9.11. The van der Waals surface area contributed by atoms with E-state index in [9.17, 15) is 0 Å². The Morgan fingerprint density at radius 3 is 2.84 bits per heavy atom. The Morgan fingerprint density at radius 1 is 1.42 bits per heavy atom. The zero-order chi connectivity index (χ0) is 13.9. The van der Waals surface area contributed by atoms with Gasteiger partial charge in [-0.2, -0.15) is 0 Å². The number of likely N-dealkylation sites (tertiary alicyclic amines) is 1. The van der Waals surface area contributed by atoms with E-state index < -0.39 is 0 Å². The third kappa shape index (κ3) is 3.48. The van der Waals surface area contributed by atoms with Crippen LogP contribution in [0.4, 0.5) is 0 Å². The van der Waals surface area contributed by atoms with E-state index in [1.165, 1.54) is 0 Å². The number of hydrogen-bond donors (Lipinski definition) is 1. The Bertz CT molecular complexity index is 287. The van der Waals surface area contributed by atoms with Gasteiger partial charge in [0.2, 0.25) is 0 Å². The fraction of sp³-hybridized carbons (Fsp3) is 1.00. The Balaban J connectivity index is 2.00. The highest BCUT2D eigenvalue weighted by molar-refractivity contribution is 4.92. The van der Waals surface area contributed by atoms with Crippen molar-refractivity contribution in [2.24, 2.45) is 5.73 Å². The summed E-state index contributed by atoms with van der Waals surface area (Å²) in [5, 5.41) is 0. The zero-order valence-corrected chi connectivity index (χ0v) is 12.7. The van der Waals surface area contributed by atoms with Gasteiger partial charge in [0.25, 0.3) is 0 Å². The number of ether oxygens (including phenoxy) is 2. The molecule has 112 valence electrons. The molecule has 2 rings (SSSR count). The summed E-state index contributed by atoms with van der Waals surface area (Å²) in [7, 11) is 1.82. The lowest BCUT2D eigenvalue weighted by atomic mass is 9.86. The molecule has 19 heavy (non-hydrogen) atoms. The Kier molecular flexibility index (Phi) is 5.23. The van der Waals surface area contributed by atoms with E-state index in [2.05, 4.69) is 18.7 Å². The van der Waals surface area contributed by atoms with Crippen LogP contribution in [-0.2, 0) is 9.47 Å². The minimum Gasteiger partial charge on any atom is -0.381 e. The van der Waals surface area contributed by atoms with Gasteiger partial charge in [0.1, 0.15) is 0 Å². The lowest BCUT2D eigenvalue weighted by Crippen LogP contribution is -2.56. The predicted octanol–water partition coefficient (Wildman–Crippen LogP) is 1.77. The van der Waals surface area contributed by atoms with Gasteiger partial charge in [-0.25, -0.2) is 0 Å². The van der Waals surface area contributed by atoms with Crippen LogP contribution >= 0.6 is 0 Å². The molecule has 0 amide bonds. The fourth-order valence-corrected chi connectivity index (χ4v) is 3.59. The molecule has 0 aromatic rings. The van der Waals surface area contributed by atoms with Gasteiger partial charge in [0.15, 0.2) is 0 Å². The SMILES string of the molecule is CCC1(C)CC(N2CCC(OC)CC2CN)CCO1. The van der Waals surface area contributed by atoms with Gasteiger partial charge in [0.05, 0.1) is 11.7 Å². The average molecular weight is 270 g/mol. The fourth-order valence-electron chi connectivity index (χ4n) is 3.59. The molecule has 0 spiro atoms. The van der Waals surface area contributed by atoms with Crippen molar-refractivity contribution in [3.8, 4) is 0 Å². The van der Waals surface area contributed by atoms with E-state index >= 15 is 0 Å². The summed E-state index contributed by atoms with van der Waals surface area (Å²) >= 11 is 0. The topological polar surface area (TPSA) is 47.7 Å². The van der Waals surface area contributed by atoms with Crippen LogP contribution < -0.4 is 5.73 Å². The predicted molar refractivity (Wildman–Crippen MR) is 77.2 cm³/mol. The first kappa shape index (κ1) is 15.2. The lowest BCUT2D eigenvalue weighted by Gasteiger charge is -2.48. The van der Waals surface area contributed by atoms with Crippen molar-refractivity contribution < 1.29 is 9.47 Å². The molecule has 2 heterocycles. The minimum atomic E-state index is 0.0557. The van der Waals surface area contributed by atoms with Gasteiger partial charge in [-0.3, -0.25) is 4.90 Å². The van der Waals surface area contributed by atoms with Crippen LogP contribution in [0.3, 0.4) is 0 Å². The van der Waals surface area contributed by atoms with Crippen molar-refractivity contribution in [1.82, 2.24) is 4.90 Å². The van der Waals surface area contributed by atoms with Crippen LogP contribution in [0.5, 0.6) is 0 Å². The van der Waals surface area contributed by atoms with Crippen LogP contribution in [0.2, 0.25) is 0 Å². The van der Waals surface area contributed by atoms with Gasteiger partial charge in [-0.15, -0.1) is 0 Å². The second-order valence-corrected chi connectivity index (χ2v) is 6.31. The van der Waals surface area contributed by atoms with Crippen molar-refractivity contribution in [1.29, 1.82) is 0 Å². The first-order valence-corrected chi connectivity index (χ1v) is 7.74. The number of rotatable bonds is 4. The largest absolute Gasteiger partial charge is 0.381 e. The molecule has 2 aliphatic rings. The molecule has 4 heteroatoms. The van der Waals surface area contributed by atoms with Crippen molar-refractivity contribution in [2.75, 3.05) is 26.8 Å². The summed E-state index contributed by atoms with van der Waals surface area (Å²) in [5.74, 6) is 0. The molecule has 4 unspecified atom stereocenters. The van der Waals surface area contributed by atoms with E-state index in [4.69, 9.17) is 15.2 Å². The van der Waals surface area contributed by atoms with Crippen LogP contribution in [-0.4, -0.2) is 55.5 Å². The van der Waals surface area contributed by atoms with Gasteiger partial charge < -0.3 is 15.2 Å². The molecule has 2 aliphatic heterocycles. The highest BCUT2D eigenvalue weighted by atomic mass is 16.5. The van der Waals surface area contributed by atoms with Crippen molar-refractivity contribution in [3.63, 3.8) is 0 Å². The van der Waals surface area contributed by atoms with Crippen molar-refractivity contribution >= 4 is 0 Å². The summed E-state index contributed by atoms with van der Waals surface area (Å²) in [4.78, 5) is 2.63. The van der Waals surface area contributed by atoms with E-state index in [0.29, 0.717) is 18.2 Å². The summed E-state index contributed by atoms with van der Waals surface area (Å²) in [5.41, 5.74) is 6.04. The summed E-state index contributed by atoms with van der Waals surface area (Å²) in [6.07, 6.45) is 5.97. The standard InChI is InChI=1S/C15H30N2O2/c1-4-15(2)10-12(6-8-19-15)17-7-5-14(18-3)9-13(17)11-16/h12-14H,4-11,16H2,1-3H3. The third-order valence-electron chi connectivity index (χ3n) is 5.10. The van der Waals surface area contributed by atoms with E-state index in [1.54, 1.807) is 0 Å². The molecule has 2 saturated heterocycles. The Hall–Kier alpha value is -0.160.